The van der Waals surface area contributed by atoms with E-state index in [2.05, 4.69) is 5.92 Å². The highest BCUT2D eigenvalue weighted by atomic mass is 19.1. The van der Waals surface area contributed by atoms with Crippen LogP contribution >= 0.6 is 0 Å². The number of benzene rings is 2. The molecule has 0 saturated carbocycles. The van der Waals surface area contributed by atoms with Gasteiger partial charge in [0.1, 0.15) is 11.6 Å². The van der Waals surface area contributed by atoms with E-state index in [9.17, 15) is 13.6 Å². The molecule has 1 amide bonds. The van der Waals surface area contributed by atoms with Crippen LogP contribution in [0.15, 0.2) is 36.4 Å². The van der Waals surface area contributed by atoms with E-state index < -0.39 is 17.5 Å². The van der Waals surface area contributed by atoms with Crippen molar-refractivity contribution in [2.45, 2.75) is 0 Å². The molecule has 0 aliphatic carbocycles. The lowest BCUT2D eigenvalue weighted by Gasteiger charge is -2.08. The minimum Gasteiger partial charge on any atom is -0.366 e. The van der Waals surface area contributed by atoms with Crippen molar-refractivity contribution in [2.24, 2.45) is 5.73 Å². The van der Waals surface area contributed by atoms with Gasteiger partial charge in [0.05, 0.1) is 11.1 Å². The smallest absolute Gasteiger partial charge is 0.250 e. The molecule has 0 unspecified atom stereocenters. The summed E-state index contributed by atoms with van der Waals surface area (Å²) in [6.45, 7) is 0. The van der Waals surface area contributed by atoms with Crippen LogP contribution in [0.5, 0.6) is 0 Å². The molecule has 0 atom stereocenters. The summed E-state index contributed by atoms with van der Waals surface area (Å²) >= 11 is 0. The van der Waals surface area contributed by atoms with E-state index in [4.69, 9.17) is 12.2 Å². The lowest BCUT2D eigenvalue weighted by atomic mass is 9.98. The first-order valence-electron chi connectivity index (χ1n) is 5.39. The van der Waals surface area contributed by atoms with E-state index in [1.54, 1.807) is 0 Å². The quantitative estimate of drug-likeness (QED) is 0.826. The Kier molecular flexibility index (Phi) is 3.30. The minimum atomic E-state index is -0.794. The Hall–Kier alpha value is -2.67. The van der Waals surface area contributed by atoms with Crippen LogP contribution in [0.4, 0.5) is 8.78 Å². The summed E-state index contributed by atoms with van der Waals surface area (Å²) < 4.78 is 27.1. The van der Waals surface area contributed by atoms with Crippen molar-refractivity contribution in [3.8, 4) is 23.5 Å². The van der Waals surface area contributed by atoms with Gasteiger partial charge in [0, 0.05) is 5.56 Å². The molecule has 2 rings (SSSR count). The number of nitrogens with two attached hydrogens (primary N) is 1. The van der Waals surface area contributed by atoms with Crippen LogP contribution in [0, 0.1) is 24.0 Å². The summed E-state index contributed by atoms with van der Waals surface area (Å²) in [5.74, 6) is 0.184. The van der Waals surface area contributed by atoms with Crippen LogP contribution in [-0.4, -0.2) is 5.91 Å². The van der Waals surface area contributed by atoms with Gasteiger partial charge in [-0.1, -0.05) is 24.1 Å². The zero-order chi connectivity index (χ0) is 14.0. The van der Waals surface area contributed by atoms with Crippen molar-refractivity contribution in [1.82, 2.24) is 0 Å². The second kappa shape index (κ2) is 4.91. The number of primary amides is 1. The van der Waals surface area contributed by atoms with Crippen LogP contribution in [0.2, 0.25) is 0 Å². The SMILES string of the molecule is C#Cc1c(C(N)=O)ccc(-c2ccc(F)cc2)c1F. The Morgan fingerprint density at radius 3 is 2.26 bits per heavy atom. The van der Waals surface area contributed by atoms with E-state index >= 15 is 0 Å². The van der Waals surface area contributed by atoms with Gasteiger partial charge in [0.25, 0.3) is 0 Å². The van der Waals surface area contributed by atoms with Crippen LogP contribution in [-0.2, 0) is 0 Å². The first kappa shape index (κ1) is 12.8. The number of amides is 1. The molecule has 0 heterocycles. The zero-order valence-electron chi connectivity index (χ0n) is 9.78. The lowest BCUT2D eigenvalue weighted by Crippen LogP contribution is -2.14. The van der Waals surface area contributed by atoms with E-state index in [1.807, 2.05) is 0 Å². The fourth-order valence-corrected chi connectivity index (χ4v) is 1.77. The van der Waals surface area contributed by atoms with E-state index in [1.165, 1.54) is 36.4 Å². The van der Waals surface area contributed by atoms with Gasteiger partial charge in [-0.25, -0.2) is 8.78 Å². The first-order chi connectivity index (χ1) is 9.04. The van der Waals surface area contributed by atoms with Crippen molar-refractivity contribution in [3.05, 3.63) is 59.2 Å². The molecule has 0 aliphatic heterocycles. The van der Waals surface area contributed by atoms with Crippen molar-refractivity contribution < 1.29 is 13.6 Å². The van der Waals surface area contributed by atoms with Gasteiger partial charge in [0.15, 0.2) is 0 Å². The highest BCUT2D eigenvalue weighted by molar-refractivity contribution is 5.96. The molecule has 2 aromatic rings. The highest BCUT2D eigenvalue weighted by Crippen LogP contribution is 2.27. The summed E-state index contributed by atoms with van der Waals surface area (Å²) in [6.07, 6.45) is 5.20. The predicted molar refractivity (Wildman–Crippen MR) is 68.2 cm³/mol. The molecule has 94 valence electrons. The molecule has 2 N–H and O–H groups in total. The van der Waals surface area contributed by atoms with Gasteiger partial charge in [-0.2, -0.15) is 0 Å². The fraction of sp³-hybridized carbons (Fsp3) is 0. The highest BCUT2D eigenvalue weighted by Gasteiger charge is 2.16. The standard InChI is InChI=1S/C15H9F2NO/c1-2-11-13(15(18)19)8-7-12(14(11)17)9-3-5-10(16)6-4-9/h1,3-8H,(H2,18,19). The van der Waals surface area contributed by atoms with E-state index in [0.29, 0.717) is 5.56 Å². The average molecular weight is 257 g/mol. The molecule has 0 saturated heterocycles. The van der Waals surface area contributed by atoms with Crippen molar-refractivity contribution in [3.63, 3.8) is 0 Å². The number of rotatable bonds is 2. The van der Waals surface area contributed by atoms with Gasteiger partial charge in [-0.15, -0.1) is 6.42 Å². The summed E-state index contributed by atoms with van der Waals surface area (Å²) in [4.78, 5) is 11.1. The van der Waals surface area contributed by atoms with Crippen molar-refractivity contribution in [2.75, 3.05) is 0 Å². The number of carbonyl (C=O) groups is 1. The van der Waals surface area contributed by atoms with Crippen LogP contribution in [0.1, 0.15) is 15.9 Å². The predicted octanol–water partition coefficient (Wildman–Crippen LogP) is 2.71. The zero-order valence-corrected chi connectivity index (χ0v) is 9.78. The normalized spacial score (nSPS) is 9.95. The molecule has 0 fully saturated rings. The Balaban J connectivity index is 2.64. The molecule has 0 aliphatic rings. The lowest BCUT2D eigenvalue weighted by molar-refractivity contribution is 0.0999. The Labute approximate surface area is 108 Å². The summed E-state index contributed by atoms with van der Waals surface area (Å²) in [6, 6.07) is 8.04. The Bertz CT molecular complexity index is 685. The topological polar surface area (TPSA) is 43.1 Å². The fourth-order valence-electron chi connectivity index (χ4n) is 1.77. The number of hydrogen-bond acceptors (Lipinski definition) is 1. The third-order valence-electron chi connectivity index (χ3n) is 2.71. The third kappa shape index (κ3) is 2.31. The van der Waals surface area contributed by atoms with Gasteiger partial charge < -0.3 is 5.73 Å². The maximum Gasteiger partial charge on any atom is 0.250 e. The molecular weight excluding hydrogens is 248 g/mol. The molecule has 0 spiro atoms. The van der Waals surface area contributed by atoms with Crippen molar-refractivity contribution >= 4 is 5.91 Å². The average Bonchev–Trinajstić information content (AvgIpc) is 2.39. The molecule has 0 radical (unpaired) electrons. The maximum atomic E-state index is 14.2. The van der Waals surface area contributed by atoms with Crippen LogP contribution in [0.25, 0.3) is 11.1 Å². The largest absolute Gasteiger partial charge is 0.366 e. The summed E-state index contributed by atoms with van der Waals surface area (Å²) in [7, 11) is 0. The molecule has 2 nitrogen and oxygen atoms in total. The van der Waals surface area contributed by atoms with Crippen molar-refractivity contribution in [1.29, 1.82) is 0 Å². The van der Waals surface area contributed by atoms with Crippen LogP contribution in [0.3, 0.4) is 0 Å². The van der Waals surface area contributed by atoms with Gasteiger partial charge in [0.2, 0.25) is 5.91 Å². The molecular formula is C15H9F2NO. The maximum absolute atomic E-state index is 14.2. The number of halogens is 2. The second-order valence-corrected chi connectivity index (χ2v) is 3.87. The molecule has 4 heteroatoms. The third-order valence-corrected chi connectivity index (χ3v) is 2.71. The second-order valence-electron chi connectivity index (χ2n) is 3.87. The first-order valence-corrected chi connectivity index (χ1v) is 5.39. The Morgan fingerprint density at radius 1 is 1.11 bits per heavy atom. The molecule has 0 bridgehead atoms. The molecule has 19 heavy (non-hydrogen) atoms. The monoisotopic (exact) mass is 257 g/mol. The summed E-state index contributed by atoms with van der Waals surface area (Å²) in [5, 5.41) is 0. The van der Waals surface area contributed by atoms with E-state index in [-0.39, 0.29) is 16.7 Å². The van der Waals surface area contributed by atoms with Crippen LogP contribution < -0.4 is 5.73 Å². The molecule has 0 aromatic heterocycles. The minimum absolute atomic E-state index is 0.0501. The number of hydrogen-bond donors (Lipinski definition) is 1. The van der Waals surface area contributed by atoms with Gasteiger partial charge in [-0.05, 0) is 23.8 Å². The van der Waals surface area contributed by atoms with Gasteiger partial charge in [-0.3, -0.25) is 4.79 Å². The number of carbonyl (C=O) groups excluding carboxylic acids is 1. The summed E-state index contributed by atoms with van der Waals surface area (Å²) in [5.41, 5.74) is 5.54. The number of terminal acetylenes is 1. The Morgan fingerprint density at radius 2 is 1.74 bits per heavy atom. The van der Waals surface area contributed by atoms with E-state index in [0.717, 1.165) is 0 Å². The molecule has 2 aromatic carbocycles. The van der Waals surface area contributed by atoms with Gasteiger partial charge >= 0.3 is 0 Å².